The first kappa shape index (κ1) is 19.0. The molecule has 0 unspecified atom stereocenters. The maximum atomic E-state index is 13.2. The Bertz CT molecular complexity index is 1250. The van der Waals surface area contributed by atoms with E-state index in [1.54, 1.807) is 17.0 Å². The van der Waals surface area contributed by atoms with Crippen molar-refractivity contribution in [1.29, 1.82) is 0 Å². The van der Waals surface area contributed by atoms with Gasteiger partial charge in [-0.25, -0.2) is 5.01 Å². The largest absolute Gasteiger partial charge is 0.356 e. The second kappa shape index (κ2) is 7.05. The van der Waals surface area contributed by atoms with Crippen LogP contribution < -0.4 is 0 Å². The zero-order chi connectivity index (χ0) is 21.7. The molecule has 1 saturated heterocycles. The van der Waals surface area contributed by atoms with Crippen LogP contribution in [0.4, 0.5) is 5.69 Å². The molecule has 2 aliphatic rings. The van der Waals surface area contributed by atoms with Gasteiger partial charge >= 0.3 is 0 Å². The van der Waals surface area contributed by atoms with Gasteiger partial charge in [-0.3, -0.25) is 19.7 Å². The monoisotopic (exact) mass is 417 g/mol. The Kier molecular flexibility index (Phi) is 4.32. The second-order valence-electron chi connectivity index (χ2n) is 7.75. The van der Waals surface area contributed by atoms with E-state index in [1.807, 2.05) is 31.2 Å². The van der Waals surface area contributed by atoms with Crippen LogP contribution in [0.15, 0.2) is 53.6 Å². The number of hydrogen-bond donors (Lipinski definition) is 1. The predicted molar refractivity (Wildman–Crippen MR) is 113 cm³/mol. The Labute approximate surface area is 177 Å². The maximum Gasteiger partial charge on any atom is 0.269 e. The van der Waals surface area contributed by atoms with E-state index in [0.29, 0.717) is 12.0 Å². The highest BCUT2D eigenvalue weighted by atomic mass is 16.6. The number of nitrogens with one attached hydrogen (secondary N) is 1. The molecule has 31 heavy (non-hydrogen) atoms. The van der Waals surface area contributed by atoms with Gasteiger partial charge in [0.2, 0.25) is 5.91 Å². The molecule has 156 valence electrons. The van der Waals surface area contributed by atoms with E-state index in [9.17, 15) is 19.7 Å². The molecule has 3 aromatic rings. The van der Waals surface area contributed by atoms with E-state index >= 15 is 0 Å². The van der Waals surface area contributed by atoms with E-state index in [-0.39, 0.29) is 30.1 Å². The van der Waals surface area contributed by atoms with Crippen molar-refractivity contribution >= 4 is 34.6 Å². The Morgan fingerprint density at radius 3 is 2.65 bits per heavy atom. The first-order chi connectivity index (χ1) is 14.9. The fourth-order valence-corrected chi connectivity index (χ4v) is 4.47. The number of carbonyl (C=O) groups excluding carboxylic acids is 2. The van der Waals surface area contributed by atoms with Crippen LogP contribution in [0.2, 0.25) is 0 Å². The molecule has 2 aliphatic heterocycles. The van der Waals surface area contributed by atoms with E-state index in [4.69, 9.17) is 0 Å². The van der Waals surface area contributed by atoms with Crippen molar-refractivity contribution in [3.05, 3.63) is 75.5 Å². The first-order valence-electron chi connectivity index (χ1n) is 9.94. The summed E-state index contributed by atoms with van der Waals surface area (Å²) in [7, 11) is 0. The quantitative estimate of drug-likeness (QED) is 0.401. The number of piperazine rings is 1. The molecule has 1 aromatic heterocycles. The summed E-state index contributed by atoms with van der Waals surface area (Å²) < 4.78 is 0. The van der Waals surface area contributed by atoms with Crippen molar-refractivity contribution in [3.8, 4) is 0 Å². The van der Waals surface area contributed by atoms with Gasteiger partial charge in [0.1, 0.15) is 12.6 Å². The number of nitro groups is 1. The summed E-state index contributed by atoms with van der Waals surface area (Å²) >= 11 is 0. The normalized spacial score (nSPS) is 20.9. The van der Waals surface area contributed by atoms with E-state index in [1.165, 1.54) is 23.4 Å². The minimum atomic E-state index is -0.614. The lowest BCUT2D eigenvalue weighted by molar-refractivity contribution is -0.384. The molecule has 0 spiro atoms. The zero-order valence-corrected chi connectivity index (χ0v) is 16.7. The number of benzene rings is 2. The van der Waals surface area contributed by atoms with Crippen molar-refractivity contribution in [2.75, 3.05) is 6.54 Å². The summed E-state index contributed by atoms with van der Waals surface area (Å²) in [6, 6.07) is 12.9. The number of carbonyl (C=O) groups is 2. The minimum absolute atomic E-state index is 0.0252. The maximum absolute atomic E-state index is 13.2. The van der Waals surface area contributed by atoms with Gasteiger partial charge in [-0.2, -0.15) is 5.10 Å². The molecule has 0 bridgehead atoms. The third kappa shape index (κ3) is 3.05. The molecule has 2 amide bonds. The number of hydrogen-bond acceptors (Lipinski definition) is 5. The summed E-state index contributed by atoms with van der Waals surface area (Å²) in [5.41, 5.74) is 3.60. The van der Waals surface area contributed by atoms with Gasteiger partial charge in [0.25, 0.3) is 11.6 Å². The van der Waals surface area contributed by atoms with Crippen molar-refractivity contribution in [2.45, 2.75) is 25.4 Å². The van der Waals surface area contributed by atoms with Crippen LogP contribution in [0.3, 0.4) is 0 Å². The summed E-state index contributed by atoms with van der Waals surface area (Å²) in [5.74, 6) is -0.400. The molecule has 2 atom stereocenters. The van der Waals surface area contributed by atoms with Gasteiger partial charge in [0.05, 0.1) is 17.2 Å². The summed E-state index contributed by atoms with van der Waals surface area (Å²) in [6.45, 7) is 1.79. The first-order valence-corrected chi connectivity index (χ1v) is 9.94. The lowest BCUT2D eigenvalue weighted by Gasteiger charge is -2.44. The standard InChI is InChI=1S/C22H19N5O4/c1-13-21-17(16-4-2-3-5-18(16)24-21)10-19-22(29)25(12-20(28)26(13)19)23-11-14-6-8-15(9-7-14)27(30)31/h2-9,11,13,19,24H,10,12H2,1H3/b23-11+/t13-,19-/m0/s1. The Morgan fingerprint density at radius 2 is 1.90 bits per heavy atom. The highest BCUT2D eigenvalue weighted by Crippen LogP contribution is 2.38. The average Bonchev–Trinajstić information content (AvgIpc) is 3.14. The molecular weight excluding hydrogens is 398 g/mol. The van der Waals surface area contributed by atoms with E-state index in [0.717, 1.165) is 22.2 Å². The number of fused-ring (bicyclic) bond motifs is 4. The number of nitro benzene ring substituents is 1. The number of para-hydroxylation sites is 1. The molecule has 1 N–H and O–H groups in total. The van der Waals surface area contributed by atoms with Crippen molar-refractivity contribution in [1.82, 2.24) is 14.9 Å². The number of nitrogens with zero attached hydrogens (tertiary/aromatic N) is 4. The molecule has 0 radical (unpaired) electrons. The molecule has 0 aliphatic carbocycles. The third-order valence-electron chi connectivity index (χ3n) is 5.98. The number of aromatic nitrogens is 1. The van der Waals surface area contributed by atoms with Crippen LogP contribution in [-0.4, -0.2) is 50.4 Å². The average molecular weight is 417 g/mol. The van der Waals surface area contributed by atoms with Crippen LogP contribution in [0.25, 0.3) is 10.9 Å². The SMILES string of the molecule is C[C@H]1c2[nH]c3ccccc3c2C[C@H]2C(=O)N(/N=C/c3ccc([N+](=O)[O-])cc3)CC(=O)N21. The van der Waals surface area contributed by atoms with E-state index < -0.39 is 11.0 Å². The van der Waals surface area contributed by atoms with Gasteiger partial charge in [-0.15, -0.1) is 0 Å². The molecule has 1 fully saturated rings. The third-order valence-corrected chi connectivity index (χ3v) is 5.98. The van der Waals surface area contributed by atoms with Crippen LogP contribution >= 0.6 is 0 Å². The van der Waals surface area contributed by atoms with Crippen molar-refractivity contribution in [2.24, 2.45) is 5.10 Å². The minimum Gasteiger partial charge on any atom is -0.356 e. The van der Waals surface area contributed by atoms with E-state index in [2.05, 4.69) is 10.1 Å². The number of hydrazone groups is 1. The molecule has 5 rings (SSSR count). The highest BCUT2D eigenvalue weighted by Gasteiger charge is 2.46. The van der Waals surface area contributed by atoms with Crippen molar-refractivity contribution < 1.29 is 14.5 Å². The van der Waals surface area contributed by atoms with Crippen molar-refractivity contribution in [3.63, 3.8) is 0 Å². The number of H-pyrrole nitrogens is 1. The van der Waals surface area contributed by atoms with Gasteiger partial charge in [0, 0.05) is 35.2 Å². The Balaban J connectivity index is 1.43. The lowest BCUT2D eigenvalue weighted by Crippen LogP contribution is -2.61. The van der Waals surface area contributed by atoms with Crippen LogP contribution in [0, 0.1) is 10.1 Å². The van der Waals surface area contributed by atoms with Gasteiger partial charge < -0.3 is 9.88 Å². The smallest absolute Gasteiger partial charge is 0.269 e. The molecule has 9 heteroatoms. The fourth-order valence-electron chi connectivity index (χ4n) is 4.47. The summed E-state index contributed by atoms with van der Waals surface area (Å²) in [6.07, 6.45) is 1.87. The van der Waals surface area contributed by atoms with Gasteiger partial charge in [0.15, 0.2) is 0 Å². The summed E-state index contributed by atoms with van der Waals surface area (Å²) in [5, 5.41) is 17.3. The molecule has 9 nitrogen and oxygen atoms in total. The Morgan fingerprint density at radius 1 is 1.16 bits per heavy atom. The van der Waals surface area contributed by atoms with Crippen LogP contribution in [0.1, 0.15) is 29.8 Å². The van der Waals surface area contributed by atoms with Crippen LogP contribution in [0.5, 0.6) is 0 Å². The predicted octanol–water partition coefficient (Wildman–Crippen LogP) is 2.77. The van der Waals surface area contributed by atoms with Gasteiger partial charge in [-0.1, -0.05) is 18.2 Å². The van der Waals surface area contributed by atoms with Crippen LogP contribution in [-0.2, 0) is 16.0 Å². The fraction of sp³-hybridized carbons (Fsp3) is 0.227. The molecular formula is C22H19N5O4. The molecule has 0 saturated carbocycles. The topological polar surface area (TPSA) is 112 Å². The number of rotatable bonds is 3. The zero-order valence-electron chi connectivity index (χ0n) is 16.7. The lowest BCUT2D eigenvalue weighted by atomic mass is 9.90. The highest BCUT2D eigenvalue weighted by molar-refractivity contribution is 5.97. The summed E-state index contributed by atoms with van der Waals surface area (Å²) in [4.78, 5) is 41.5. The molecule has 3 heterocycles. The number of aromatic amines is 1. The number of non-ortho nitro benzene ring substituents is 1. The molecule has 2 aromatic carbocycles. The number of amides is 2. The second-order valence-corrected chi connectivity index (χ2v) is 7.75. The Hall–Kier alpha value is -4.01. The van der Waals surface area contributed by atoms with Gasteiger partial charge in [-0.05, 0) is 36.2 Å².